The number of aliphatic hydroxyl groups excluding tert-OH is 1. The highest BCUT2D eigenvalue weighted by Gasteiger charge is 2.12. The highest BCUT2D eigenvalue weighted by Crippen LogP contribution is 2.23. The van der Waals surface area contributed by atoms with Crippen molar-refractivity contribution in [3.05, 3.63) is 34.5 Å². The average molecular weight is 312 g/mol. The molecule has 0 aliphatic heterocycles. The third kappa shape index (κ3) is 3.11. The molecule has 2 aromatic rings. The highest BCUT2D eigenvalue weighted by atomic mass is 79.9. The van der Waals surface area contributed by atoms with E-state index in [9.17, 15) is 4.79 Å². The van der Waals surface area contributed by atoms with Crippen LogP contribution in [0.3, 0.4) is 0 Å². The Hall–Kier alpha value is -1.33. The Morgan fingerprint density at radius 1 is 1.50 bits per heavy atom. The summed E-state index contributed by atoms with van der Waals surface area (Å²) in [5.74, 6) is 0.0247. The van der Waals surface area contributed by atoms with Gasteiger partial charge in [-0.15, -0.1) is 0 Å². The lowest BCUT2D eigenvalue weighted by Gasteiger charge is -2.04. The van der Waals surface area contributed by atoms with Crippen LogP contribution in [0.2, 0.25) is 0 Å². The van der Waals surface area contributed by atoms with E-state index >= 15 is 0 Å². The van der Waals surface area contributed by atoms with Gasteiger partial charge in [0, 0.05) is 16.4 Å². The predicted octanol–water partition coefficient (Wildman–Crippen LogP) is 2.70. The summed E-state index contributed by atoms with van der Waals surface area (Å²) in [6.07, 6.45) is 0.106. The van der Waals surface area contributed by atoms with Crippen LogP contribution in [-0.4, -0.2) is 23.7 Å². The number of rotatable bonds is 4. The minimum Gasteiger partial charge on any atom is -0.451 e. The molecule has 2 rings (SSSR count). The van der Waals surface area contributed by atoms with Gasteiger partial charge in [0.2, 0.25) is 0 Å². The maximum Gasteiger partial charge on any atom is 0.287 e. The second kappa shape index (κ2) is 5.54. The van der Waals surface area contributed by atoms with Crippen molar-refractivity contribution in [2.45, 2.75) is 19.4 Å². The van der Waals surface area contributed by atoms with Crippen molar-refractivity contribution in [2.24, 2.45) is 0 Å². The van der Waals surface area contributed by atoms with E-state index in [4.69, 9.17) is 9.52 Å². The zero-order valence-electron chi connectivity index (χ0n) is 9.94. The van der Waals surface area contributed by atoms with Crippen molar-refractivity contribution < 1.29 is 14.3 Å². The van der Waals surface area contributed by atoms with Gasteiger partial charge < -0.3 is 14.8 Å². The Bertz CT molecular complexity index is 562. The van der Waals surface area contributed by atoms with E-state index in [1.54, 1.807) is 13.0 Å². The lowest BCUT2D eigenvalue weighted by molar-refractivity contribution is 0.0920. The van der Waals surface area contributed by atoms with Crippen LogP contribution in [0.5, 0.6) is 0 Å². The molecule has 1 aromatic heterocycles. The van der Waals surface area contributed by atoms with E-state index in [0.717, 1.165) is 9.86 Å². The molecule has 96 valence electrons. The van der Waals surface area contributed by atoms with Crippen molar-refractivity contribution in [1.29, 1.82) is 0 Å². The van der Waals surface area contributed by atoms with Crippen molar-refractivity contribution >= 4 is 32.8 Å². The average Bonchev–Trinajstić information content (AvgIpc) is 2.71. The Kier molecular flexibility index (Phi) is 4.04. The lowest BCUT2D eigenvalue weighted by Crippen LogP contribution is -2.26. The van der Waals surface area contributed by atoms with Crippen molar-refractivity contribution in [3.8, 4) is 0 Å². The fraction of sp³-hybridized carbons (Fsp3) is 0.308. The minimum atomic E-state index is -0.420. The molecule has 0 saturated heterocycles. The minimum absolute atomic E-state index is 0.261. The van der Waals surface area contributed by atoms with Gasteiger partial charge >= 0.3 is 0 Å². The molecule has 2 N–H and O–H groups in total. The van der Waals surface area contributed by atoms with E-state index in [-0.39, 0.29) is 11.7 Å². The lowest BCUT2D eigenvalue weighted by atomic mass is 10.2. The standard InChI is InChI=1S/C13H14BrNO3/c1-8(16)4-5-15-13(17)12-7-9-6-10(14)2-3-11(9)18-12/h2-3,6-8,16H,4-5H2,1H3,(H,15,17). The van der Waals surface area contributed by atoms with Gasteiger partial charge in [-0.2, -0.15) is 0 Å². The van der Waals surface area contributed by atoms with Crippen LogP contribution in [-0.2, 0) is 0 Å². The van der Waals surface area contributed by atoms with Gasteiger partial charge in [0.15, 0.2) is 5.76 Å². The molecule has 0 radical (unpaired) electrons. The molecule has 0 aliphatic rings. The Balaban J connectivity index is 2.08. The maximum absolute atomic E-state index is 11.8. The summed E-state index contributed by atoms with van der Waals surface area (Å²) < 4.78 is 6.39. The molecule has 1 unspecified atom stereocenters. The van der Waals surface area contributed by atoms with Gasteiger partial charge in [-0.3, -0.25) is 4.79 Å². The normalized spacial score (nSPS) is 12.6. The second-order valence-corrected chi connectivity index (χ2v) is 5.10. The summed E-state index contributed by atoms with van der Waals surface area (Å²) in [5.41, 5.74) is 0.680. The Labute approximate surface area is 113 Å². The van der Waals surface area contributed by atoms with Crippen molar-refractivity contribution in [3.63, 3.8) is 0 Å². The van der Waals surface area contributed by atoms with Gasteiger partial charge in [-0.05, 0) is 37.6 Å². The summed E-state index contributed by atoms with van der Waals surface area (Å²) in [6, 6.07) is 7.27. The fourth-order valence-corrected chi connectivity index (χ4v) is 1.99. The highest BCUT2D eigenvalue weighted by molar-refractivity contribution is 9.10. The smallest absolute Gasteiger partial charge is 0.287 e. The third-order valence-corrected chi connectivity index (χ3v) is 3.04. The molecular formula is C13H14BrNO3. The number of amides is 1. The predicted molar refractivity (Wildman–Crippen MR) is 72.5 cm³/mol. The van der Waals surface area contributed by atoms with Gasteiger partial charge in [0.1, 0.15) is 5.58 Å². The number of furan rings is 1. The van der Waals surface area contributed by atoms with E-state index in [1.807, 2.05) is 18.2 Å². The monoisotopic (exact) mass is 311 g/mol. The third-order valence-electron chi connectivity index (χ3n) is 2.55. The molecule has 1 aromatic carbocycles. The molecule has 18 heavy (non-hydrogen) atoms. The van der Waals surface area contributed by atoms with Crippen molar-refractivity contribution in [2.75, 3.05) is 6.54 Å². The molecule has 0 bridgehead atoms. The SMILES string of the molecule is CC(O)CCNC(=O)c1cc2cc(Br)ccc2o1. The largest absolute Gasteiger partial charge is 0.451 e. The van der Waals surface area contributed by atoms with E-state index in [2.05, 4.69) is 21.2 Å². The molecule has 0 aliphatic carbocycles. The summed E-state index contributed by atoms with van der Waals surface area (Å²) in [6.45, 7) is 2.11. The number of benzene rings is 1. The summed E-state index contributed by atoms with van der Waals surface area (Å²) in [7, 11) is 0. The first-order chi connectivity index (χ1) is 8.56. The Morgan fingerprint density at radius 3 is 3.00 bits per heavy atom. The number of carbonyl (C=O) groups excluding carboxylic acids is 1. The number of nitrogens with one attached hydrogen (secondary N) is 1. The number of hydrogen-bond donors (Lipinski definition) is 2. The summed E-state index contributed by atoms with van der Waals surface area (Å²) in [5, 5.41) is 12.7. The van der Waals surface area contributed by atoms with Crippen molar-refractivity contribution in [1.82, 2.24) is 5.32 Å². The molecule has 4 nitrogen and oxygen atoms in total. The molecule has 1 atom stereocenters. The van der Waals surface area contributed by atoms with Gasteiger partial charge in [-0.1, -0.05) is 15.9 Å². The van der Waals surface area contributed by atoms with Crippen LogP contribution in [0.15, 0.2) is 33.2 Å². The first kappa shape index (κ1) is 13.1. The van der Waals surface area contributed by atoms with Gasteiger partial charge in [-0.25, -0.2) is 0 Å². The van der Waals surface area contributed by atoms with E-state index < -0.39 is 6.10 Å². The molecule has 0 saturated carbocycles. The fourth-order valence-electron chi connectivity index (χ4n) is 1.61. The molecule has 1 amide bonds. The molecule has 0 fully saturated rings. The Morgan fingerprint density at radius 2 is 2.28 bits per heavy atom. The van der Waals surface area contributed by atoms with Crippen LogP contribution >= 0.6 is 15.9 Å². The van der Waals surface area contributed by atoms with Crippen LogP contribution in [0, 0.1) is 0 Å². The van der Waals surface area contributed by atoms with Crippen LogP contribution in [0.4, 0.5) is 0 Å². The molecule has 5 heteroatoms. The summed E-state index contributed by atoms with van der Waals surface area (Å²) >= 11 is 3.37. The number of fused-ring (bicyclic) bond motifs is 1. The molecular weight excluding hydrogens is 298 g/mol. The number of aliphatic hydroxyl groups is 1. The van der Waals surface area contributed by atoms with Gasteiger partial charge in [0.05, 0.1) is 6.10 Å². The maximum atomic E-state index is 11.8. The molecule has 0 spiro atoms. The first-order valence-electron chi connectivity index (χ1n) is 5.71. The van der Waals surface area contributed by atoms with E-state index in [0.29, 0.717) is 18.5 Å². The van der Waals surface area contributed by atoms with Gasteiger partial charge in [0.25, 0.3) is 5.91 Å². The van der Waals surface area contributed by atoms with Crippen LogP contribution in [0.25, 0.3) is 11.0 Å². The topological polar surface area (TPSA) is 62.5 Å². The zero-order valence-corrected chi connectivity index (χ0v) is 11.5. The quantitative estimate of drug-likeness (QED) is 0.912. The van der Waals surface area contributed by atoms with Crippen LogP contribution < -0.4 is 5.32 Å². The first-order valence-corrected chi connectivity index (χ1v) is 6.51. The summed E-state index contributed by atoms with van der Waals surface area (Å²) in [4.78, 5) is 11.8. The number of halogens is 1. The number of carbonyl (C=O) groups is 1. The van der Waals surface area contributed by atoms with Crippen LogP contribution in [0.1, 0.15) is 23.9 Å². The zero-order chi connectivity index (χ0) is 13.1. The molecule has 1 heterocycles. The number of hydrogen-bond acceptors (Lipinski definition) is 3. The second-order valence-electron chi connectivity index (χ2n) is 4.19. The van der Waals surface area contributed by atoms with E-state index in [1.165, 1.54) is 0 Å².